The topological polar surface area (TPSA) is 8.17 Å². The molecule has 0 N–H and O–H groups in total. The molecule has 63 heavy (non-hydrogen) atoms. The van der Waals surface area contributed by atoms with E-state index in [9.17, 15) is 0 Å². The van der Waals surface area contributed by atoms with Gasteiger partial charge in [-0.1, -0.05) is 185 Å². The number of rotatable bonds is 7. The second-order valence-electron chi connectivity index (χ2n) is 18.3. The fourth-order valence-electron chi connectivity index (χ4n) is 11.4. The van der Waals surface area contributed by atoms with Gasteiger partial charge in [0.25, 0.3) is 0 Å². The molecule has 1 aromatic heterocycles. The number of fused-ring (bicyclic) bond motifs is 7. The van der Waals surface area contributed by atoms with Crippen molar-refractivity contribution in [1.82, 2.24) is 4.57 Å². The summed E-state index contributed by atoms with van der Waals surface area (Å²) >= 11 is 0. The van der Waals surface area contributed by atoms with Crippen LogP contribution in [0.25, 0.3) is 71.6 Å². The Bertz CT molecular complexity index is 3340. The van der Waals surface area contributed by atoms with Gasteiger partial charge in [0, 0.05) is 33.1 Å². The summed E-state index contributed by atoms with van der Waals surface area (Å²) in [6.07, 6.45) is 6.47. The van der Waals surface area contributed by atoms with E-state index >= 15 is 0 Å². The first-order valence-electron chi connectivity index (χ1n) is 22.9. The quantitative estimate of drug-likeness (QED) is 0.156. The van der Waals surface area contributed by atoms with Crippen molar-refractivity contribution in [3.05, 3.63) is 217 Å². The van der Waals surface area contributed by atoms with Crippen LogP contribution in [0.3, 0.4) is 0 Å². The number of anilines is 3. The van der Waals surface area contributed by atoms with Crippen molar-refractivity contribution in [1.29, 1.82) is 0 Å². The van der Waals surface area contributed by atoms with Crippen molar-refractivity contribution in [2.75, 3.05) is 4.90 Å². The van der Waals surface area contributed by atoms with Crippen molar-refractivity contribution >= 4 is 49.6 Å². The zero-order valence-corrected chi connectivity index (χ0v) is 36.1. The van der Waals surface area contributed by atoms with Gasteiger partial charge in [-0.05, 0) is 123 Å². The van der Waals surface area contributed by atoms with E-state index in [1.807, 2.05) is 0 Å². The molecule has 1 fully saturated rings. The maximum absolute atomic E-state index is 2.53. The molecule has 2 aliphatic carbocycles. The lowest BCUT2D eigenvalue weighted by Crippen LogP contribution is -2.14. The molecular formula is C61H50N2. The third kappa shape index (κ3) is 6.07. The monoisotopic (exact) mass is 810 g/mol. The predicted molar refractivity (Wildman–Crippen MR) is 267 cm³/mol. The highest BCUT2D eigenvalue weighted by Gasteiger charge is 2.35. The standard InChI is InChI=1S/C61H50N2/c1-61(2)54-30-12-9-24-48(54)49-39-36-44(40-55(49)61)41-34-37-46(38-35-41)62(58-33-17-29-53-51-26-11-14-32-57(51)63(60(53)58)45-22-7-4-8-23-45)56-31-13-10-25-50(56)52-28-16-21-43-20-15-27-47(59(43)52)42-18-5-3-6-19-42/h4,7-17,20-40,42H,3,5-6,18-19H2,1-2H3. The largest absolute Gasteiger partial charge is 0.308 e. The third-order valence-electron chi connectivity index (χ3n) is 14.4. The van der Waals surface area contributed by atoms with E-state index in [1.54, 1.807) is 0 Å². The molecule has 1 saturated carbocycles. The third-order valence-corrected chi connectivity index (χ3v) is 14.4. The van der Waals surface area contributed by atoms with Crippen LogP contribution in [0.2, 0.25) is 0 Å². The molecule has 0 saturated heterocycles. The molecule has 0 spiro atoms. The first kappa shape index (κ1) is 37.6. The van der Waals surface area contributed by atoms with Crippen molar-refractivity contribution in [3.8, 4) is 39.1 Å². The lowest BCUT2D eigenvalue weighted by Gasteiger charge is -2.30. The van der Waals surface area contributed by atoms with E-state index < -0.39 is 0 Å². The van der Waals surface area contributed by atoms with Crippen LogP contribution in [0, 0.1) is 0 Å². The highest BCUT2D eigenvalue weighted by atomic mass is 15.2. The van der Waals surface area contributed by atoms with Crippen molar-refractivity contribution < 1.29 is 0 Å². The Labute approximate surface area is 370 Å². The second kappa shape index (κ2) is 15.0. The Balaban J connectivity index is 1.08. The van der Waals surface area contributed by atoms with Gasteiger partial charge in [0.1, 0.15) is 0 Å². The molecule has 1 heterocycles. The molecule has 0 atom stereocenters. The fourth-order valence-corrected chi connectivity index (χ4v) is 11.4. The van der Waals surface area contributed by atoms with E-state index in [1.165, 1.54) is 115 Å². The summed E-state index contributed by atoms with van der Waals surface area (Å²) in [5.74, 6) is 0.577. The Hall–Kier alpha value is -7.16. The zero-order chi connectivity index (χ0) is 42.1. The number of benzene rings is 9. The molecule has 0 unspecified atom stereocenters. The zero-order valence-electron chi connectivity index (χ0n) is 36.1. The van der Waals surface area contributed by atoms with Crippen LogP contribution in [-0.4, -0.2) is 4.57 Å². The minimum Gasteiger partial charge on any atom is -0.308 e. The Morgan fingerprint density at radius 3 is 1.95 bits per heavy atom. The molecule has 10 aromatic rings. The first-order valence-corrected chi connectivity index (χ1v) is 22.9. The van der Waals surface area contributed by atoms with Gasteiger partial charge in [-0.2, -0.15) is 0 Å². The van der Waals surface area contributed by atoms with Gasteiger partial charge in [-0.3, -0.25) is 0 Å². The van der Waals surface area contributed by atoms with Crippen LogP contribution in [0.4, 0.5) is 17.1 Å². The highest BCUT2D eigenvalue weighted by molar-refractivity contribution is 6.15. The maximum Gasteiger partial charge on any atom is 0.0782 e. The number of nitrogens with zero attached hydrogens (tertiary/aromatic N) is 2. The summed E-state index contributed by atoms with van der Waals surface area (Å²) < 4.78 is 2.47. The molecular weight excluding hydrogens is 761 g/mol. The Kier molecular flexibility index (Phi) is 8.97. The van der Waals surface area contributed by atoms with Gasteiger partial charge >= 0.3 is 0 Å². The number of para-hydroxylation sites is 4. The van der Waals surface area contributed by atoms with Crippen LogP contribution in [0.1, 0.15) is 68.6 Å². The van der Waals surface area contributed by atoms with Gasteiger partial charge < -0.3 is 9.47 Å². The number of hydrogen-bond acceptors (Lipinski definition) is 1. The van der Waals surface area contributed by atoms with Crippen molar-refractivity contribution in [2.45, 2.75) is 57.3 Å². The molecule has 9 aromatic carbocycles. The summed E-state index contributed by atoms with van der Waals surface area (Å²) in [5, 5.41) is 5.19. The van der Waals surface area contributed by atoms with E-state index in [0.29, 0.717) is 5.92 Å². The number of aromatic nitrogens is 1. The smallest absolute Gasteiger partial charge is 0.0782 e. The molecule has 0 amide bonds. The molecule has 2 heteroatoms. The highest BCUT2D eigenvalue weighted by Crippen LogP contribution is 2.51. The van der Waals surface area contributed by atoms with E-state index in [-0.39, 0.29) is 5.41 Å². The van der Waals surface area contributed by atoms with Crippen LogP contribution in [-0.2, 0) is 5.41 Å². The van der Waals surface area contributed by atoms with E-state index in [2.05, 4.69) is 224 Å². The summed E-state index contributed by atoms with van der Waals surface area (Å²) in [6, 6.07) is 74.9. The van der Waals surface area contributed by atoms with Gasteiger partial charge in [0.15, 0.2) is 0 Å². The van der Waals surface area contributed by atoms with Gasteiger partial charge in [-0.25, -0.2) is 0 Å². The molecule has 2 aliphatic rings. The fraction of sp³-hybridized carbons (Fsp3) is 0.148. The maximum atomic E-state index is 2.53. The van der Waals surface area contributed by atoms with Gasteiger partial charge in [0.05, 0.1) is 22.4 Å². The van der Waals surface area contributed by atoms with Gasteiger partial charge in [-0.15, -0.1) is 0 Å². The van der Waals surface area contributed by atoms with Gasteiger partial charge in [0.2, 0.25) is 0 Å². The minimum atomic E-state index is -0.0588. The molecule has 0 bridgehead atoms. The predicted octanol–water partition coefficient (Wildman–Crippen LogP) is 17.1. The van der Waals surface area contributed by atoms with Crippen LogP contribution < -0.4 is 4.90 Å². The Morgan fingerprint density at radius 1 is 0.476 bits per heavy atom. The normalized spacial score (nSPS) is 14.6. The van der Waals surface area contributed by atoms with Crippen LogP contribution in [0.15, 0.2) is 200 Å². The molecule has 12 rings (SSSR count). The average molecular weight is 811 g/mol. The summed E-state index contributed by atoms with van der Waals surface area (Å²) in [6.45, 7) is 4.73. The minimum absolute atomic E-state index is 0.0588. The lowest BCUT2D eigenvalue weighted by atomic mass is 9.80. The summed E-state index contributed by atoms with van der Waals surface area (Å²) in [7, 11) is 0. The SMILES string of the molecule is CC1(C)c2ccccc2-c2ccc(-c3ccc(N(c4ccccc4-c4cccc5cccc(C6CCCCC6)c45)c4cccc5c6ccccc6n(-c6ccccc6)c45)cc3)cc21. The summed E-state index contributed by atoms with van der Waals surface area (Å²) in [4.78, 5) is 2.53. The number of hydrogen-bond donors (Lipinski definition) is 0. The molecule has 0 aliphatic heterocycles. The Morgan fingerprint density at radius 2 is 1.11 bits per heavy atom. The van der Waals surface area contributed by atoms with Crippen LogP contribution in [0.5, 0.6) is 0 Å². The molecule has 2 nitrogen and oxygen atoms in total. The van der Waals surface area contributed by atoms with Crippen LogP contribution >= 0.6 is 0 Å². The van der Waals surface area contributed by atoms with Crippen molar-refractivity contribution in [3.63, 3.8) is 0 Å². The summed E-state index contributed by atoms with van der Waals surface area (Å²) in [5.41, 5.74) is 18.9. The second-order valence-corrected chi connectivity index (χ2v) is 18.3. The first-order chi connectivity index (χ1) is 31.0. The van der Waals surface area contributed by atoms with E-state index in [0.717, 1.165) is 22.7 Å². The van der Waals surface area contributed by atoms with E-state index in [4.69, 9.17) is 0 Å². The molecule has 0 radical (unpaired) electrons. The lowest BCUT2D eigenvalue weighted by molar-refractivity contribution is 0.445. The molecule has 304 valence electrons. The van der Waals surface area contributed by atoms with Crippen molar-refractivity contribution in [2.24, 2.45) is 0 Å². The average Bonchev–Trinajstić information content (AvgIpc) is 3.81.